The van der Waals surface area contributed by atoms with E-state index in [1.165, 1.54) is 6.21 Å². The zero-order valence-corrected chi connectivity index (χ0v) is 16.2. The molecule has 0 spiro atoms. The van der Waals surface area contributed by atoms with Gasteiger partial charge in [-0.25, -0.2) is 0 Å². The number of carbonyl (C=O) groups is 1. The third-order valence-electron chi connectivity index (χ3n) is 4.92. The van der Waals surface area contributed by atoms with E-state index in [2.05, 4.69) is 15.1 Å². The van der Waals surface area contributed by atoms with Crippen LogP contribution in [-0.2, 0) is 4.74 Å². The summed E-state index contributed by atoms with van der Waals surface area (Å²) in [5.41, 5.74) is 2.24. The Balaban J connectivity index is 1.53. The number of pyridine rings is 1. The van der Waals surface area contributed by atoms with Crippen LogP contribution in [0.4, 0.5) is 5.69 Å². The smallest absolute Gasteiger partial charge is 0.258 e. The lowest BCUT2D eigenvalue weighted by Crippen LogP contribution is -2.40. The molecule has 3 N–H and O–H groups in total. The van der Waals surface area contributed by atoms with Gasteiger partial charge < -0.3 is 20.5 Å². The Bertz CT molecular complexity index is 1180. The van der Waals surface area contributed by atoms with E-state index in [1.807, 2.05) is 24.3 Å². The molecule has 0 unspecified atom stereocenters. The molecule has 1 aromatic heterocycles. The van der Waals surface area contributed by atoms with Gasteiger partial charge in [-0.3, -0.25) is 14.6 Å². The number of nitrogens with one attached hydrogen (secondary N) is 1. The summed E-state index contributed by atoms with van der Waals surface area (Å²) in [4.78, 5) is 33.9. The number of aliphatic imine (C=N–C) groups is 1. The van der Waals surface area contributed by atoms with Crippen LogP contribution in [0.2, 0.25) is 0 Å². The predicted molar refractivity (Wildman–Crippen MR) is 117 cm³/mol. The molecule has 1 amide bonds. The van der Waals surface area contributed by atoms with E-state index in [-0.39, 0.29) is 17.2 Å². The fraction of sp³-hybridized carbons (Fsp3) is 0.182. The molecule has 2 aromatic carbocycles. The van der Waals surface area contributed by atoms with Gasteiger partial charge in [0.05, 0.1) is 30.7 Å². The third-order valence-corrected chi connectivity index (χ3v) is 4.92. The van der Waals surface area contributed by atoms with Gasteiger partial charge in [-0.15, -0.1) is 0 Å². The van der Waals surface area contributed by atoms with Crippen LogP contribution in [-0.4, -0.2) is 54.0 Å². The average molecular weight is 403 g/mol. The van der Waals surface area contributed by atoms with Crippen LogP contribution in [0.5, 0.6) is 0 Å². The topological polar surface area (TPSA) is 113 Å². The van der Waals surface area contributed by atoms with Gasteiger partial charge >= 0.3 is 0 Å². The number of H-pyrrole nitrogens is 1. The van der Waals surface area contributed by atoms with Crippen molar-refractivity contribution in [3.8, 4) is 0 Å². The molecule has 1 saturated heterocycles. The van der Waals surface area contributed by atoms with E-state index in [4.69, 9.17) is 10.6 Å². The maximum atomic E-state index is 12.5. The molecule has 152 valence electrons. The summed E-state index contributed by atoms with van der Waals surface area (Å²) in [6, 6.07) is 16.1. The van der Waals surface area contributed by atoms with Crippen LogP contribution in [0.1, 0.15) is 15.9 Å². The number of amides is 1. The average Bonchev–Trinajstić information content (AvgIpc) is 2.80. The number of nitrogens with two attached hydrogens (primary N) is 1. The highest BCUT2D eigenvalue weighted by Crippen LogP contribution is 2.15. The number of carbonyl (C=O) groups excluding carboxylic acids is 1. The van der Waals surface area contributed by atoms with Gasteiger partial charge in [0.1, 0.15) is 5.71 Å². The fourth-order valence-electron chi connectivity index (χ4n) is 3.28. The molecule has 1 aliphatic heterocycles. The van der Waals surface area contributed by atoms with Crippen LogP contribution >= 0.6 is 0 Å². The van der Waals surface area contributed by atoms with E-state index in [1.54, 1.807) is 35.2 Å². The van der Waals surface area contributed by atoms with Crippen molar-refractivity contribution in [1.82, 2.24) is 9.88 Å². The number of aromatic nitrogens is 1. The third kappa shape index (κ3) is 4.13. The first-order valence-electron chi connectivity index (χ1n) is 9.57. The van der Waals surface area contributed by atoms with E-state index in [0.717, 1.165) is 10.9 Å². The van der Waals surface area contributed by atoms with Crippen molar-refractivity contribution in [2.45, 2.75) is 0 Å². The van der Waals surface area contributed by atoms with Crippen molar-refractivity contribution in [2.24, 2.45) is 15.9 Å². The lowest BCUT2D eigenvalue weighted by molar-refractivity contribution is 0.0303. The Labute approximate surface area is 172 Å². The highest BCUT2D eigenvalue weighted by molar-refractivity contribution is 6.38. The molecule has 0 bridgehead atoms. The molecule has 30 heavy (non-hydrogen) atoms. The molecule has 1 aliphatic rings. The molecular weight excluding hydrogens is 382 g/mol. The maximum absolute atomic E-state index is 12.5. The molecule has 0 aliphatic carbocycles. The lowest BCUT2D eigenvalue weighted by atomic mass is 10.1. The predicted octanol–water partition coefficient (Wildman–Crippen LogP) is 2.07. The van der Waals surface area contributed by atoms with Crippen molar-refractivity contribution in [3.05, 3.63) is 76.1 Å². The number of ether oxygens (including phenoxy) is 1. The second kappa shape index (κ2) is 8.71. The van der Waals surface area contributed by atoms with E-state index < -0.39 is 0 Å². The molecular formula is C22H21N5O3. The Morgan fingerprint density at radius 1 is 1.10 bits per heavy atom. The summed E-state index contributed by atoms with van der Waals surface area (Å²) >= 11 is 0. The summed E-state index contributed by atoms with van der Waals surface area (Å²) in [6.07, 6.45) is 1.44. The molecule has 0 radical (unpaired) electrons. The van der Waals surface area contributed by atoms with Gasteiger partial charge in [0, 0.05) is 24.2 Å². The van der Waals surface area contributed by atoms with E-state index in [0.29, 0.717) is 43.1 Å². The summed E-state index contributed by atoms with van der Waals surface area (Å²) in [6.45, 7) is 2.30. The van der Waals surface area contributed by atoms with Gasteiger partial charge in [0.25, 0.3) is 11.5 Å². The normalized spacial score (nSPS) is 15.1. The van der Waals surface area contributed by atoms with Crippen LogP contribution in [0.3, 0.4) is 0 Å². The SMILES string of the molecule is NN=C(C=Nc1ccc(C(=O)N2CCOCC2)cc1)c1cc2ccccc2[nH]c1=O. The maximum Gasteiger partial charge on any atom is 0.258 e. The Hall–Kier alpha value is -3.78. The van der Waals surface area contributed by atoms with Crippen molar-refractivity contribution >= 4 is 34.4 Å². The summed E-state index contributed by atoms with van der Waals surface area (Å²) in [5, 5.41) is 4.59. The molecule has 8 nitrogen and oxygen atoms in total. The second-order valence-corrected chi connectivity index (χ2v) is 6.82. The van der Waals surface area contributed by atoms with Gasteiger partial charge in [-0.2, -0.15) is 5.10 Å². The number of hydrogen-bond acceptors (Lipinski definition) is 6. The van der Waals surface area contributed by atoms with Gasteiger partial charge in [0.2, 0.25) is 0 Å². The number of rotatable bonds is 4. The zero-order chi connectivity index (χ0) is 20.9. The number of morpholine rings is 1. The van der Waals surface area contributed by atoms with Crippen molar-refractivity contribution in [1.29, 1.82) is 0 Å². The Morgan fingerprint density at radius 3 is 2.57 bits per heavy atom. The lowest BCUT2D eigenvalue weighted by Gasteiger charge is -2.26. The minimum Gasteiger partial charge on any atom is -0.378 e. The summed E-state index contributed by atoms with van der Waals surface area (Å²) in [7, 11) is 0. The number of hydrazone groups is 1. The molecule has 4 rings (SSSR count). The number of benzene rings is 2. The van der Waals surface area contributed by atoms with Crippen molar-refractivity contribution < 1.29 is 9.53 Å². The van der Waals surface area contributed by atoms with Crippen LogP contribution in [0.25, 0.3) is 10.9 Å². The van der Waals surface area contributed by atoms with E-state index in [9.17, 15) is 9.59 Å². The Morgan fingerprint density at radius 2 is 1.83 bits per heavy atom. The largest absolute Gasteiger partial charge is 0.378 e. The minimum absolute atomic E-state index is 0.0271. The highest BCUT2D eigenvalue weighted by Gasteiger charge is 2.18. The molecule has 8 heteroatoms. The molecule has 2 heterocycles. The second-order valence-electron chi connectivity index (χ2n) is 6.82. The van der Waals surface area contributed by atoms with Gasteiger partial charge in [-0.1, -0.05) is 18.2 Å². The number of hydrogen-bond donors (Lipinski definition) is 2. The first-order chi connectivity index (χ1) is 14.7. The molecule has 3 aromatic rings. The van der Waals surface area contributed by atoms with Crippen LogP contribution in [0.15, 0.2) is 69.5 Å². The fourth-order valence-corrected chi connectivity index (χ4v) is 3.28. The van der Waals surface area contributed by atoms with Crippen LogP contribution in [0, 0.1) is 0 Å². The molecule has 1 fully saturated rings. The van der Waals surface area contributed by atoms with Crippen LogP contribution < -0.4 is 11.4 Å². The van der Waals surface area contributed by atoms with Gasteiger partial charge in [-0.05, 0) is 41.8 Å². The van der Waals surface area contributed by atoms with Crippen molar-refractivity contribution in [2.75, 3.05) is 26.3 Å². The number of fused-ring (bicyclic) bond motifs is 1. The number of nitrogens with zero attached hydrogens (tertiary/aromatic N) is 3. The molecule has 0 saturated carbocycles. The summed E-state index contributed by atoms with van der Waals surface area (Å²) < 4.78 is 5.28. The molecule has 0 atom stereocenters. The van der Waals surface area contributed by atoms with Gasteiger partial charge in [0.15, 0.2) is 0 Å². The van der Waals surface area contributed by atoms with E-state index >= 15 is 0 Å². The van der Waals surface area contributed by atoms with Crippen molar-refractivity contribution in [3.63, 3.8) is 0 Å². The standard InChI is InChI=1S/C22H21N5O3/c23-26-20(18-13-16-3-1-2-4-19(16)25-21(18)28)14-24-17-7-5-15(6-8-17)22(29)27-9-11-30-12-10-27/h1-8,13-14H,9-12,23H2,(H,25,28). The first-order valence-corrected chi connectivity index (χ1v) is 9.57. The first kappa shape index (κ1) is 19.5. The quantitative estimate of drug-likeness (QED) is 0.394. The minimum atomic E-state index is -0.296. The number of para-hydroxylation sites is 1. The highest BCUT2D eigenvalue weighted by atomic mass is 16.5. The summed E-state index contributed by atoms with van der Waals surface area (Å²) in [5.74, 6) is 5.48. The number of aromatic amines is 1. The Kier molecular flexibility index (Phi) is 5.67. The monoisotopic (exact) mass is 403 g/mol. The zero-order valence-electron chi connectivity index (χ0n) is 16.2.